The zero-order chi connectivity index (χ0) is 15.4. The fourth-order valence-corrected chi connectivity index (χ4v) is 2.01. The molecule has 0 heterocycles. The number of benzene rings is 1. The summed E-state index contributed by atoms with van der Waals surface area (Å²) in [6.45, 7) is 1.91. The van der Waals surface area contributed by atoms with Gasteiger partial charge in [0.1, 0.15) is 11.7 Å². The Labute approximate surface area is 120 Å². The normalized spacial score (nSPS) is 12.0. The summed E-state index contributed by atoms with van der Waals surface area (Å²) in [5.74, 6) is -1.18. The first-order valence-corrected chi connectivity index (χ1v) is 6.54. The van der Waals surface area contributed by atoms with Gasteiger partial charge in [-0.3, -0.25) is 9.59 Å². The highest BCUT2D eigenvalue weighted by atomic mass is 16.5. The number of ether oxygens (including phenoxy) is 1. The Morgan fingerprint density at radius 1 is 1.24 bits per heavy atom. The van der Waals surface area contributed by atoms with Crippen LogP contribution in [0.25, 0.3) is 0 Å². The van der Waals surface area contributed by atoms with Gasteiger partial charge in [0.05, 0.1) is 6.61 Å². The van der Waals surface area contributed by atoms with E-state index in [1.807, 2.05) is 6.07 Å². The van der Waals surface area contributed by atoms with Crippen LogP contribution in [-0.2, 0) is 11.2 Å². The lowest BCUT2D eigenvalue weighted by Crippen LogP contribution is -2.41. The van der Waals surface area contributed by atoms with E-state index in [-0.39, 0.29) is 24.5 Å². The average Bonchev–Trinajstić information content (AvgIpc) is 2.50. The number of anilines is 1. The standard InChI is InChI=1S/C15H15NO5/c1-2-21-14-11(12(17)13(14)18)16-10(15(19)20)8-9-6-4-3-5-7-9/h3-7,10,16H,2,8H2,1H3,(H,19,20)/t10-/m0/s1. The lowest BCUT2D eigenvalue weighted by Gasteiger charge is -2.18. The minimum absolute atomic E-state index is 0.0508. The van der Waals surface area contributed by atoms with Crippen LogP contribution in [0.15, 0.2) is 39.9 Å². The molecule has 2 aromatic rings. The molecule has 0 radical (unpaired) electrons. The maximum Gasteiger partial charge on any atom is 0.326 e. The number of aliphatic carboxylic acids is 1. The second-order valence-corrected chi connectivity index (χ2v) is 4.52. The van der Waals surface area contributed by atoms with Crippen molar-refractivity contribution in [2.75, 3.05) is 11.9 Å². The van der Waals surface area contributed by atoms with E-state index in [2.05, 4.69) is 5.32 Å². The van der Waals surface area contributed by atoms with Crippen molar-refractivity contribution in [3.8, 4) is 5.75 Å². The van der Waals surface area contributed by atoms with E-state index in [0.29, 0.717) is 0 Å². The van der Waals surface area contributed by atoms with E-state index >= 15 is 0 Å². The summed E-state index contributed by atoms with van der Waals surface area (Å²) in [4.78, 5) is 34.2. The second kappa shape index (κ2) is 6.21. The van der Waals surface area contributed by atoms with Gasteiger partial charge in [-0.1, -0.05) is 30.3 Å². The Balaban J connectivity index is 2.18. The van der Waals surface area contributed by atoms with Crippen molar-refractivity contribution in [3.05, 3.63) is 56.3 Å². The van der Waals surface area contributed by atoms with Gasteiger partial charge in [-0.15, -0.1) is 0 Å². The summed E-state index contributed by atoms with van der Waals surface area (Å²) in [5.41, 5.74) is -0.694. The molecule has 0 bridgehead atoms. The molecule has 1 atom stereocenters. The molecule has 110 valence electrons. The van der Waals surface area contributed by atoms with Crippen molar-refractivity contribution in [2.45, 2.75) is 19.4 Å². The molecule has 0 aromatic heterocycles. The predicted molar refractivity (Wildman–Crippen MR) is 77.7 cm³/mol. The van der Waals surface area contributed by atoms with Crippen molar-refractivity contribution in [1.29, 1.82) is 0 Å². The van der Waals surface area contributed by atoms with Crippen LogP contribution in [0.1, 0.15) is 12.5 Å². The number of nitrogens with one attached hydrogen (secondary N) is 1. The lowest BCUT2D eigenvalue weighted by molar-refractivity contribution is -0.137. The average molecular weight is 289 g/mol. The van der Waals surface area contributed by atoms with Crippen molar-refractivity contribution in [3.63, 3.8) is 0 Å². The molecule has 6 nitrogen and oxygen atoms in total. The zero-order valence-electron chi connectivity index (χ0n) is 11.5. The van der Waals surface area contributed by atoms with Gasteiger partial charge >= 0.3 is 5.97 Å². The van der Waals surface area contributed by atoms with Crippen LogP contribution in [0.5, 0.6) is 5.75 Å². The molecule has 0 unspecified atom stereocenters. The third-order valence-electron chi connectivity index (χ3n) is 3.05. The summed E-state index contributed by atoms with van der Waals surface area (Å²) < 4.78 is 5.06. The first kappa shape index (κ1) is 14.8. The first-order chi connectivity index (χ1) is 10.0. The van der Waals surface area contributed by atoms with Gasteiger partial charge in [-0.25, -0.2) is 4.79 Å². The molecule has 2 rings (SSSR count). The summed E-state index contributed by atoms with van der Waals surface area (Å²) in [6.07, 6.45) is 0.195. The Morgan fingerprint density at radius 2 is 1.90 bits per heavy atom. The molecule has 0 amide bonds. The van der Waals surface area contributed by atoms with Gasteiger partial charge in [-0.05, 0) is 12.5 Å². The smallest absolute Gasteiger partial charge is 0.326 e. The molecule has 0 aliphatic carbocycles. The molecule has 0 aliphatic heterocycles. The molecule has 2 N–H and O–H groups in total. The number of hydrogen-bond acceptors (Lipinski definition) is 5. The minimum atomic E-state index is -1.10. The molecular weight excluding hydrogens is 274 g/mol. The van der Waals surface area contributed by atoms with Gasteiger partial charge in [-0.2, -0.15) is 0 Å². The van der Waals surface area contributed by atoms with Crippen LogP contribution in [0.2, 0.25) is 0 Å². The SMILES string of the molecule is CCOc1c(N[C@@H](Cc2ccccc2)C(=O)O)c(=O)c1=O. The fourth-order valence-electron chi connectivity index (χ4n) is 2.01. The lowest BCUT2D eigenvalue weighted by atomic mass is 10.0. The third-order valence-corrected chi connectivity index (χ3v) is 3.05. The fraction of sp³-hybridized carbons (Fsp3) is 0.267. The van der Waals surface area contributed by atoms with Crippen molar-refractivity contribution in [2.24, 2.45) is 0 Å². The van der Waals surface area contributed by atoms with Crippen molar-refractivity contribution in [1.82, 2.24) is 0 Å². The summed E-state index contributed by atoms with van der Waals surface area (Å²) in [7, 11) is 0. The monoisotopic (exact) mass is 289 g/mol. The van der Waals surface area contributed by atoms with Crippen LogP contribution >= 0.6 is 0 Å². The van der Waals surface area contributed by atoms with Crippen molar-refractivity contribution < 1.29 is 14.6 Å². The summed E-state index contributed by atoms with van der Waals surface area (Å²) in [6, 6.07) is 8.02. The largest absolute Gasteiger partial charge is 0.488 e. The highest BCUT2D eigenvalue weighted by Crippen LogP contribution is 2.19. The Morgan fingerprint density at radius 3 is 2.48 bits per heavy atom. The first-order valence-electron chi connectivity index (χ1n) is 6.54. The van der Waals surface area contributed by atoms with Gasteiger partial charge in [0.25, 0.3) is 10.9 Å². The molecule has 0 saturated heterocycles. The maximum atomic E-state index is 11.5. The second-order valence-electron chi connectivity index (χ2n) is 4.52. The molecule has 0 saturated carbocycles. The van der Waals surface area contributed by atoms with E-state index in [1.165, 1.54) is 0 Å². The van der Waals surface area contributed by atoms with E-state index in [9.17, 15) is 19.5 Å². The van der Waals surface area contributed by atoms with Gasteiger partial charge in [0, 0.05) is 6.42 Å². The summed E-state index contributed by atoms with van der Waals surface area (Å²) in [5, 5.41) is 11.9. The molecule has 21 heavy (non-hydrogen) atoms. The molecule has 6 heteroatoms. The van der Waals surface area contributed by atoms with Crippen LogP contribution in [0.4, 0.5) is 5.69 Å². The van der Waals surface area contributed by atoms with Crippen LogP contribution < -0.4 is 20.9 Å². The highest BCUT2D eigenvalue weighted by molar-refractivity contribution is 5.79. The molecular formula is C15H15NO5. The number of carboxylic acid groups (broad SMARTS) is 1. The molecule has 0 spiro atoms. The van der Waals surface area contributed by atoms with E-state index < -0.39 is 22.9 Å². The molecule has 0 fully saturated rings. The quantitative estimate of drug-likeness (QED) is 0.732. The van der Waals surface area contributed by atoms with Crippen LogP contribution in [0, 0.1) is 0 Å². The van der Waals surface area contributed by atoms with E-state index in [1.54, 1.807) is 31.2 Å². The van der Waals surface area contributed by atoms with Crippen LogP contribution in [0.3, 0.4) is 0 Å². The van der Waals surface area contributed by atoms with Gasteiger partial charge < -0.3 is 15.2 Å². The van der Waals surface area contributed by atoms with E-state index in [0.717, 1.165) is 5.56 Å². The number of hydrogen-bond donors (Lipinski definition) is 2. The Kier molecular flexibility index (Phi) is 4.37. The topological polar surface area (TPSA) is 92.7 Å². The summed E-state index contributed by atoms with van der Waals surface area (Å²) >= 11 is 0. The number of carbonyl (C=O) groups is 1. The van der Waals surface area contributed by atoms with Crippen LogP contribution in [-0.4, -0.2) is 23.7 Å². The van der Waals surface area contributed by atoms with Gasteiger partial charge in [0.2, 0.25) is 0 Å². The maximum absolute atomic E-state index is 11.5. The highest BCUT2D eigenvalue weighted by Gasteiger charge is 2.27. The molecule has 0 aliphatic rings. The Bertz CT molecular complexity index is 700. The zero-order valence-corrected chi connectivity index (χ0v) is 11.5. The Hall–Kier alpha value is -2.63. The predicted octanol–water partition coefficient (Wildman–Crippen LogP) is 0.789. The molecule has 2 aromatic carbocycles. The third kappa shape index (κ3) is 3.10. The van der Waals surface area contributed by atoms with E-state index in [4.69, 9.17) is 4.74 Å². The number of rotatable bonds is 7. The van der Waals surface area contributed by atoms with Gasteiger partial charge in [0.15, 0.2) is 5.75 Å². The van der Waals surface area contributed by atoms with Crippen molar-refractivity contribution >= 4 is 11.7 Å². The minimum Gasteiger partial charge on any atom is -0.488 e. The number of carboxylic acids is 1.